The van der Waals surface area contributed by atoms with Gasteiger partial charge in [0, 0.05) is 12.0 Å². The molecule has 2 aromatic rings. The number of rotatable bonds is 5. The van der Waals surface area contributed by atoms with Gasteiger partial charge in [0.25, 0.3) is 0 Å². The largest absolute Gasteiger partial charge is 0.306 e. The first-order valence-electron chi connectivity index (χ1n) is 8.93. The van der Waals surface area contributed by atoms with Crippen molar-refractivity contribution >= 4 is 5.57 Å². The van der Waals surface area contributed by atoms with Gasteiger partial charge in [-0.3, -0.25) is 0 Å². The van der Waals surface area contributed by atoms with E-state index < -0.39 is 0 Å². The van der Waals surface area contributed by atoms with Gasteiger partial charge in [-0.05, 0) is 54.8 Å². The second-order valence-corrected chi connectivity index (χ2v) is 7.00. The summed E-state index contributed by atoms with van der Waals surface area (Å²) in [4.78, 5) is 2.36. The summed E-state index contributed by atoms with van der Waals surface area (Å²) in [5.74, 6) is 0.437. The average molecular weight is 329 g/mol. The van der Waals surface area contributed by atoms with Crippen LogP contribution in [0.2, 0.25) is 0 Å². The second kappa shape index (κ2) is 7.67. The van der Waals surface area contributed by atoms with Crippen molar-refractivity contribution in [2.45, 2.75) is 24.8 Å². The zero-order chi connectivity index (χ0) is 17.8. The van der Waals surface area contributed by atoms with Crippen molar-refractivity contribution in [2.24, 2.45) is 0 Å². The third-order valence-electron chi connectivity index (χ3n) is 5.26. The Kier molecular flexibility index (Phi) is 5.35. The molecule has 2 unspecified atom stereocenters. The lowest BCUT2D eigenvalue weighted by Crippen LogP contribution is -2.35. The van der Waals surface area contributed by atoms with Crippen LogP contribution in [0.5, 0.6) is 0 Å². The molecule has 0 amide bonds. The molecule has 0 aliphatic heterocycles. The van der Waals surface area contributed by atoms with E-state index in [1.807, 2.05) is 18.2 Å². The molecule has 3 rings (SSSR count). The van der Waals surface area contributed by atoms with E-state index >= 15 is 0 Å². The van der Waals surface area contributed by atoms with E-state index in [1.165, 1.54) is 22.3 Å². The van der Waals surface area contributed by atoms with Crippen LogP contribution in [0.3, 0.4) is 0 Å². The van der Waals surface area contributed by atoms with Crippen molar-refractivity contribution in [1.29, 1.82) is 0 Å². The summed E-state index contributed by atoms with van der Waals surface area (Å²) in [7, 11) is 4.38. The molecule has 1 nitrogen and oxygen atoms in total. The van der Waals surface area contributed by atoms with Gasteiger partial charge in [-0.15, -0.1) is 0 Å². The molecule has 1 heteroatoms. The van der Waals surface area contributed by atoms with E-state index in [2.05, 4.69) is 80.7 Å². The van der Waals surface area contributed by atoms with E-state index in [-0.39, 0.29) is 0 Å². The number of benzene rings is 2. The summed E-state index contributed by atoms with van der Waals surface area (Å²) in [6.45, 7) is 7.76. The Bertz CT molecular complexity index is 797. The van der Waals surface area contributed by atoms with Crippen molar-refractivity contribution in [3.63, 3.8) is 0 Å². The van der Waals surface area contributed by atoms with Gasteiger partial charge in [0.2, 0.25) is 0 Å². The summed E-state index contributed by atoms with van der Waals surface area (Å²) in [5.41, 5.74) is 6.66. The minimum Gasteiger partial charge on any atom is -0.306 e. The zero-order valence-electron chi connectivity index (χ0n) is 15.3. The van der Waals surface area contributed by atoms with E-state index in [1.54, 1.807) is 0 Å². The van der Waals surface area contributed by atoms with Gasteiger partial charge in [-0.25, -0.2) is 0 Å². The van der Waals surface area contributed by atoms with Gasteiger partial charge in [-0.2, -0.15) is 0 Å². The lowest BCUT2D eigenvalue weighted by Gasteiger charge is -2.35. The molecule has 0 saturated heterocycles. The number of allylic oxidation sites excluding steroid dienone is 4. The van der Waals surface area contributed by atoms with Crippen molar-refractivity contribution in [1.82, 2.24) is 4.90 Å². The highest BCUT2D eigenvalue weighted by Gasteiger charge is 2.29. The first kappa shape index (κ1) is 17.4. The van der Waals surface area contributed by atoms with Crippen LogP contribution in [0.4, 0.5) is 0 Å². The topological polar surface area (TPSA) is 3.24 Å². The smallest absolute Gasteiger partial charge is 0.0139 e. The zero-order valence-corrected chi connectivity index (χ0v) is 15.3. The van der Waals surface area contributed by atoms with Gasteiger partial charge >= 0.3 is 0 Å². The van der Waals surface area contributed by atoms with Gasteiger partial charge in [0.15, 0.2) is 0 Å². The van der Waals surface area contributed by atoms with Gasteiger partial charge in [0.05, 0.1) is 0 Å². The Hall–Kier alpha value is -2.38. The highest BCUT2D eigenvalue weighted by Crippen LogP contribution is 2.38. The van der Waals surface area contributed by atoms with Crippen molar-refractivity contribution < 1.29 is 0 Å². The third kappa shape index (κ3) is 3.67. The maximum atomic E-state index is 3.95. The van der Waals surface area contributed by atoms with E-state index in [9.17, 15) is 0 Å². The molecule has 1 aliphatic rings. The normalized spacial score (nSPS) is 20.2. The fraction of sp³-hybridized carbons (Fsp3) is 0.250. The van der Waals surface area contributed by atoms with Crippen LogP contribution in [-0.4, -0.2) is 25.0 Å². The van der Waals surface area contributed by atoms with Crippen molar-refractivity contribution in [3.05, 3.63) is 102 Å². The van der Waals surface area contributed by atoms with Crippen LogP contribution in [0.15, 0.2) is 79.9 Å². The lowest BCUT2D eigenvalue weighted by molar-refractivity contribution is 0.258. The molecule has 0 aromatic heterocycles. The molecule has 0 heterocycles. The molecule has 128 valence electrons. The number of fused-ring (bicyclic) bond motifs is 1. The highest BCUT2D eigenvalue weighted by molar-refractivity contribution is 5.75. The fourth-order valence-electron chi connectivity index (χ4n) is 3.85. The SMILES string of the molecule is C=C/C=C(\C=C)c1cccc(C2CC(N(C)C)Cc3ccccc32)c1. The van der Waals surface area contributed by atoms with Gasteiger partial charge < -0.3 is 4.90 Å². The van der Waals surface area contributed by atoms with Crippen LogP contribution in [-0.2, 0) is 6.42 Å². The molecule has 0 fully saturated rings. The molecule has 2 atom stereocenters. The molecule has 25 heavy (non-hydrogen) atoms. The Morgan fingerprint density at radius 1 is 1.08 bits per heavy atom. The molecular weight excluding hydrogens is 302 g/mol. The standard InChI is InChI=1S/C24H27N/c1-5-10-18(6-2)19-12-9-13-20(15-19)24-17-22(25(3)4)16-21-11-7-8-14-23(21)24/h5-15,22,24H,1-2,16-17H2,3-4H3/b18-10+. The minimum absolute atomic E-state index is 0.437. The number of likely N-dealkylation sites (N-methyl/N-ethyl adjacent to an activating group) is 1. The Morgan fingerprint density at radius 3 is 2.60 bits per heavy atom. The molecule has 2 aromatic carbocycles. The van der Waals surface area contributed by atoms with Crippen molar-refractivity contribution in [3.8, 4) is 0 Å². The number of hydrogen-bond acceptors (Lipinski definition) is 1. The summed E-state index contributed by atoms with van der Waals surface area (Å²) in [6.07, 6.45) is 8.03. The molecule has 0 bridgehead atoms. The molecular formula is C24H27N. The Morgan fingerprint density at radius 2 is 1.88 bits per heavy atom. The Balaban J connectivity index is 2.04. The van der Waals surface area contributed by atoms with Crippen LogP contribution in [0.25, 0.3) is 5.57 Å². The molecule has 0 N–H and O–H groups in total. The van der Waals surface area contributed by atoms with Gasteiger partial charge in [0.1, 0.15) is 0 Å². The fourth-order valence-corrected chi connectivity index (χ4v) is 3.85. The predicted octanol–water partition coefficient (Wildman–Crippen LogP) is 5.45. The summed E-state index contributed by atoms with van der Waals surface area (Å²) in [6, 6.07) is 18.4. The summed E-state index contributed by atoms with van der Waals surface area (Å²) in [5, 5.41) is 0. The predicted molar refractivity (Wildman–Crippen MR) is 109 cm³/mol. The maximum Gasteiger partial charge on any atom is 0.0139 e. The third-order valence-corrected chi connectivity index (χ3v) is 5.26. The number of nitrogens with zero attached hydrogens (tertiary/aromatic N) is 1. The summed E-state index contributed by atoms with van der Waals surface area (Å²) < 4.78 is 0. The van der Waals surface area contributed by atoms with Crippen LogP contribution < -0.4 is 0 Å². The maximum absolute atomic E-state index is 3.95. The quantitative estimate of drug-likeness (QED) is 0.659. The summed E-state index contributed by atoms with van der Waals surface area (Å²) >= 11 is 0. The Labute approximate surface area is 152 Å². The minimum atomic E-state index is 0.437. The molecule has 1 aliphatic carbocycles. The van der Waals surface area contributed by atoms with Crippen LogP contribution in [0.1, 0.15) is 34.6 Å². The van der Waals surface area contributed by atoms with Gasteiger partial charge in [-0.1, -0.05) is 79.9 Å². The molecule has 0 saturated carbocycles. The highest BCUT2D eigenvalue weighted by atomic mass is 15.1. The second-order valence-electron chi connectivity index (χ2n) is 7.00. The molecule has 0 spiro atoms. The van der Waals surface area contributed by atoms with E-state index in [0.717, 1.165) is 18.4 Å². The van der Waals surface area contributed by atoms with Crippen LogP contribution in [0, 0.1) is 0 Å². The van der Waals surface area contributed by atoms with Crippen LogP contribution >= 0.6 is 0 Å². The van der Waals surface area contributed by atoms with E-state index in [0.29, 0.717) is 12.0 Å². The van der Waals surface area contributed by atoms with Crippen molar-refractivity contribution in [2.75, 3.05) is 14.1 Å². The lowest BCUT2D eigenvalue weighted by atomic mass is 9.76. The first-order chi connectivity index (χ1) is 12.1. The first-order valence-corrected chi connectivity index (χ1v) is 8.93. The monoisotopic (exact) mass is 329 g/mol. The molecule has 0 radical (unpaired) electrons. The number of hydrogen-bond donors (Lipinski definition) is 0. The average Bonchev–Trinajstić information content (AvgIpc) is 2.65. The van der Waals surface area contributed by atoms with E-state index in [4.69, 9.17) is 0 Å².